The van der Waals surface area contributed by atoms with Crippen LogP contribution in [0.25, 0.3) is 0 Å². The van der Waals surface area contributed by atoms with Gasteiger partial charge in [0.25, 0.3) is 0 Å². The van der Waals surface area contributed by atoms with Gasteiger partial charge >= 0.3 is 117 Å². The van der Waals surface area contributed by atoms with Crippen molar-refractivity contribution >= 4 is 57.8 Å². The maximum atomic E-state index is 5.35. The molecule has 16 heavy (non-hydrogen) atoms. The Morgan fingerprint density at radius 3 is 2.69 bits per heavy atom. The Balaban J connectivity index is 2.03. The predicted molar refractivity (Wildman–Crippen MR) is 82.5 cm³/mol. The number of hydrogen-bond donors (Lipinski definition) is 0. The van der Waals surface area contributed by atoms with Crippen molar-refractivity contribution in [2.24, 2.45) is 0 Å². The van der Waals surface area contributed by atoms with Crippen LogP contribution < -0.4 is 0 Å². The Bertz CT molecular complexity index is 421. The van der Waals surface area contributed by atoms with Gasteiger partial charge in [-0.05, 0) is 0 Å². The van der Waals surface area contributed by atoms with Crippen LogP contribution in [0.3, 0.4) is 0 Å². The second-order valence-corrected chi connectivity index (χ2v) is 19.7. The summed E-state index contributed by atoms with van der Waals surface area (Å²) in [5, 5.41) is 0. The third-order valence-corrected chi connectivity index (χ3v) is 18.9. The Morgan fingerprint density at radius 1 is 1.31 bits per heavy atom. The summed E-state index contributed by atoms with van der Waals surface area (Å²) in [6.07, 6.45) is 0. The van der Waals surface area contributed by atoms with Gasteiger partial charge in [0.15, 0.2) is 0 Å². The zero-order valence-electron chi connectivity index (χ0n) is 9.26. The van der Waals surface area contributed by atoms with E-state index in [2.05, 4.69) is 35.1 Å². The van der Waals surface area contributed by atoms with E-state index < -0.39 is 11.2 Å². The van der Waals surface area contributed by atoms with Crippen LogP contribution in [-0.4, -0.2) is 34.5 Å². The summed E-state index contributed by atoms with van der Waals surface area (Å²) in [5.74, 6) is 0. The van der Waals surface area contributed by atoms with Crippen LogP contribution in [0.2, 0.25) is 0 Å². The van der Waals surface area contributed by atoms with Crippen molar-refractivity contribution in [1.82, 2.24) is 4.90 Å². The first-order valence-corrected chi connectivity index (χ1v) is 14.3. The molecule has 0 fully saturated rings. The Labute approximate surface area is 116 Å². The quantitative estimate of drug-likeness (QED) is 0.559. The summed E-state index contributed by atoms with van der Waals surface area (Å²) in [5.41, 5.74) is 1.35. The van der Waals surface area contributed by atoms with Crippen LogP contribution >= 0.6 is 42.3 Å². The van der Waals surface area contributed by atoms with Gasteiger partial charge in [-0.2, -0.15) is 0 Å². The molecule has 1 heterocycles. The van der Waals surface area contributed by atoms with Gasteiger partial charge in [0.2, 0.25) is 0 Å². The van der Waals surface area contributed by atoms with E-state index in [0.717, 1.165) is 4.32 Å². The van der Waals surface area contributed by atoms with Gasteiger partial charge in [0, 0.05) is 0 Å². The topological polar surface area (TPSA) is 3.24 Å². The van der Waals surface area contributed by atoms with E-state index in [-0.39, 0.29) is 0 Å². The molecule has 1 aromatic carbocycles. The fourth-order valence-electron chi connectivity index (χ4n) is 1.12. The standard InChI is InChI=1S/C10H12AsNS4/c1-7-4-5-8-9(6-7)15-11(14-8)16-10(13)12(2)3/h4-6H,1-3H3. The van der Waals surface area contributed by atoms with Crippen molar-refractivity contribution in [2.75, 3.05) is 14.1 Å². The van der Waals surface area contributed by atoms with Gasteiger partial charge in [-0.1, -0.05) is 0 Å². The number of aryl methyl sites for hydroxylation is 1. The Hall–Kier alpha value is 0.718. The van der Waals surface area contributed by atoms with E-state index in [4.69, 9.17) is 12.2 Å². The minimum atomic E-state index is -1.01. The number of thiocarbonyl (C=S) groups is 1. The molecule has 0 spiro atoms. The van der Waals surface area contributed by atoms with Gasteiger partial charge in [-0.3, -0.25) is 0 Å². The van der Waals surface area contributed by atoms with Crippen molar-refractivity contribution in [3.63, 3.8) is 0 Å². The third kappa shape index (κ3) is 3.14. The summed E-state index contributed by atoms with van der Waals surface area (Å²) in [4.78, 5) is 4.94. The summed E-state index contributed by atoms with van der Waals surface area (Å²) in [7, 11) is 10.0. The van der Waals surface area contributed by atoms with Gasteiger partial charge in [0.1, 0.15) is 0 Å². The number of benzene rings is 1. The van der Waals surface area contributed by atoms with E-state index in [9.17, 15) is 0 Å². The van der Waals surface area contributed by atoms with Gasteiger partial charge in [-0.25, -0.2) is 0 Å². The monoisotopic (exact) mass is 349 g/mol. The van der Waals surface area contributed by atoms with E-state index >= 15 is 0 Å². The normalized spacial score (nSPS) is 18.3. The molecule has 1 atom stereocenters. The molecule has 0 saturated carbocycles. The summed E-state index contributed by atoms with van der Waals surface area (Å²) in [6.45, 7) is 2.15. The summed E-state index contributed by atoms with van der Waals surface area (Å²) in [6, 6.07) is 6.73. The molecular formula is C10H12AsNS4. The molecule has 0 aromatic heterocycles. The van der Waals surface area contributed by atoms with E-state index in [1.54, 1.807) is 0 Å². The molecule has 1 unspecified atom stereocenters. The SMILES string of the molecule is Cc1ccc2c(c1)S[As](SC(=S)N(C)C)S2. The van der Waals surface area contributed by atoms with Crippen LogP contribution in [0.5, 0.6) is 0 Å². The fraction of sp³-hybridized carbons (Fsp3) is 0.300. The molecular weight excluding hydrogens is 337 g/mol. The summed E-state index contributed by atoms with van der Waals surface area (Å²) >= 11 is 4.34. The predicted octanol–water partition coefficient (Wildman–Crippen LogP) is 3.76. The average molecular weight is 349 g/mol. The number of nitrogens with zero attached hydrogens (tertiary/aromatic N) is 1. The van der Waals surface area contributed by atoms with E-state index in [1.807, 2.05) is 39.0 Å². The van der Waals surface area contributed by atoms with Crippen molar-refractivity contribution < 1.29 is 0 Å². The number of hydrogen-bond acceptors (Lipinski definition) is 4. The van der Waals surface area contributed by atoms with Gasteiger partial charge in [0.05, 0.1) is 0 Å². The van der Waals surface area contributed by atoms with Crippen molar-refractivity contribution in [3.05, 3.63) is 23.8 Å². The molecule has 1 aliphatic heterocycles. The molecule has 0 N–H and O–H groups in total. The Kier molecular flexibility index (Phi) is 4.58. The second kappa shape index (κ2) is 5.57. The van der Waals surface area contributed by atoms with Crippen LogP contribution in [0.1, 0.15) is 5.56 Å². The zero-order chi connectivity index (χ0) is 11.7. The molecule has 2 rings (SSSR count). The molecule has 6 heteroatoms. The van der Waals surface area contributed by atoms with Crippen molar-refractivity contribution in [3.8, 4) is 0 Å². The van der Waals surface area contributed by atoms with E-state index in [1.165, 1.54) is 15.4 Å². The van der Waals surface area contributed by atoms with E-state index in [0.29, 0.717) is 0 Å². The molecule has 0 saturated heterocycles. The second-order valence-electron chi connectivity index (χ2n) is 3.61. The molecule has 1 aliphatic rings. The van der Waals surface area contributed by atoms with Crippen molar-refractivity contribution in [2.45, 2.75) is 16.7 Å². The van der Waals surface area contributed by atoms with Crippen LogP contribution in [0.15, 0.2) is 28.0 Å². The zero-order valence-corrected chi connectivity index (χ0v) is 14.4. The molecule has 0 bridgehead atoms. The molecule has 1 nitrogen and oxygen atoms in total. The Morgan fingerprint density at radius 2 is 2.00 bits per heavy atom. The average Bonchev–Trinajstić information content (AvgIpc) is 2.58. The first-order valence-electron chi connectivity index (χ1n) is 4.72. The maximum absolute atomic E-state index is 5.35. The minimum absolute atomic E-state index is 1.01. The number of rotatable bonds is 1. The fourth-order valence-corrected chi connectivity index (χ4v) is 21.7. The molecule has 86 valence electrons. The van der Waals surface area contributed by atoms with Gasteiger partial charge < -0.3 is 0 Å². The third-order valence-electron chi connectivity index (χ3n) is 1.96. The van der Waals surface area contributed by atoms with Crippen molar-refractivity contribution in [1.29, 1.82) is 0 Å². The first kappa shape index (κ1) is 13.2. The molecule has 1 aromatic rings. The van der Waals surface area contributed by atoms with Crippen LogP contribution in [0, 0.1) is 6.92 Å². The van der Waals surface area contributed by atoms with Gasteiger partial charge in [-0.15, -0.1) is 0 Å². The van der Waals surface area contributed by atoms with Crippen LogP contribution in [-0.2, 0) is 0 Å². The molecule has 0 amide bonds. The van der Waals surface area contributed by atoms with Crippen LogP contribution in [0.4, 0.5) is 0 Å². The molecule has 0 aliphatic carbocycles. The number of fused-ring (bicyclic) bond motifs is 1. The molecule has 0 radical (unpaired) electrons. The summed E-state index contributed by atoms with van der Waals surface area (Å²) < 4.78 is 1.02. The first-order chi connectivity index (χ1) is 7.56.